The fourth-order valence-corrected chi connectivity index (χ4v) is 6.20. The number of nitrogens with zero attached hydrogens (tertiary/aromatic N) is 1. The molecule has 1 unspecified atom stereocenters. The van der Waals surface area contributed by atoms with E-state index in [1.807, 2.05) is 44.2 Å². The van der Waals surface area contributed by atoms with Crippen molar-refractivity contribution in [3.63, 3.8) is 0 Å². The average molecular weight is 564 g/mol. The monoisotopic (exact) mass is 563 g/mol. The van der Waals surface area contributed by atoms with E-state index in [0.717, 1.165) is 11.1 Å². The number of alkyl carbamates (subject to hydrolysis) is 1. The average Bonchev–Trinajstić information content (AvgIpc) is 3.34. The highest BCUT2D eigenvalue weighted by Crippen LogP contribution is 2.22. The summed E-state index contributed by atoms with van der Waals surface area (Å²) in [5.41, 5.74) is 7.33. The molecular weight excluding hydrogens is 522 g/mol. The molecule has 39 heavy (non-hydrogen) atoms. The van der Waals surface area contributed by atoms with Crippen LogP contribution in [0.4, 0.5) is 4.79 Å². The Hall–Kier alpha value is -2.54. The number of carbonyl (C=O) groups excluding carboxylic acids is 1. The van der Waals surface area contributed by atoms with Crippen molar-refractivity contribution in [1.82, 2.24) is 9.62 Å². The van der Waals surface area contributed by atoms with Crippen molar-refractivity contribution in [3.05, 3.63) is 65.7 Å². The molecule has 216 valence electrons. The molecule has 4 atom stereocenters. The van der Waals surface area contributed by atoms with E-state index in [1.165, 1.54) is 16.4 Å². The lowest BCUT2D eigenvalue weighted by molar-refractivity contribution is 0.0527. The fraction of sp³-hybridized carbons (Fsp3) is 0.536. The standard InChI is InChI=1S/C28H41N3O7S/c1-20(2)16-31(39(35,36)24-10-8-22(15-29)9-11-24)17-26(33)25(14-21-6-4-3-5-7-21)30-28(34)38-27-19-37-18-23(27)12-13-32/h3-11,20,23,25-27,32-33H,12-19,29H2,1-2H3,(H,30,34)/t23-,25+,26-,27?/m1/s1. The smallest absolute Gasteiger partial charge is 0.407 e. The highest BCUT2D eigenvalue weighted by atomic mass is 32.2. The minimum absolute atomic E-state index is 0.00777. The van der Waals surface area contributed by atoms with E-state index in [0.29, 0.717) is 19.6 Å². The number of aliphatic hydroxyl groups excluding tert-OH is 2. The summed E-state index contributed by atoms with van der Waals surface area (Å²) in [7, 11) is -3.93. The van der Waals surface area contributed by atoms with Gasteiger partial charge < -0.3 is 30.7 Å². The predicted octanol–water partition coefficient (Wildman–Crippen LogP) is 1.89. The molecule has 1 saturated heterocycles. The second-order valence-corrected chi connectivity index (χ2v) is 12.3. The molecule has 0 spiro atoms. The van der Waals surface area contributed by atoms with Crippen LogP contribution in [-0.4, -0.2) is 80.2 Å². The molecule has 0 saturated carbocycles. The van der Waals surface area contributed by atoms with E-state index in [-0.39, 0.29) is 49.5 Å². The van der Waals surface area contributed by atoms with E-state index in [4.69, 9.17) is 15.2 Å². The lowest BCUT2D eigenvalue weighted by Gasteiger charge is -2.31. The number of hydrogen-bond donors (Lipinski definition) is 4. The Morgan fingerprint density at radius 1 is 1.10 bits per heavy atom. The van der Waals surface area contributed by atoms with Crippen molar-refractivity contribution in [3.8, 4) is 0 Å². The third kappa shape index (κ3) is 8.99. The summed E-state index contributed by atoms with van der Waals surface area (Å²) < 4.78 is 39.4. The number of ether oxygens (including phenoxy) is 2. The van der Waals surface area contributed by atoms with Gasteiger partial charge in [-0.25, -0.2) is 13.2 Å². The number of sulfonamides is 1. The summed E-state index contributed by atoms with van der Waals surface area (Å²) in [5, 5.41) is 23.4. The minimum Gasteiger partial charge on any atom is -0.443 e. The van der Waals surface area contributed by atoms with E-state index < -0.39 is 34.4 Å². The first-order chi connectivity index (χ1) is 18.6. The minimum atomic E-state index is -3.93. The largest absolute Gasteiger partial charge is 0.443 e. The molecule has 0 aromatic heterocycles. The topological polar surface area (TPSA) is 151 Å². The van der Waals surface area contributed by atoms with Crippen LogP contribution >= 0.6 is 0 Å². The van der Waals surface area contributed by atoms with E-state index in [2.05, 4.69) is 5.32 Å². The summed E-state index contributed by atoms with van der Waals surface area (Å²) in [5.74, 6) is -0.123. The predicted molar refractivity (Wildman–Crippen MR) is 147 cm³/mol. The first-order valence-corrected chi connectivity index (χ1v) is 14.7. The summed E-state index contributed by atoms with van der Waals surface area (Å²) in [6, 6.07) is 14.9. The zero-order valence-electron chi connectivity index (χ0n) is 22.6. The van der Waals surface area contributed by atoms with Gasteiger partial charge in [-0.2, -0.15) is 4.31 Å². The van der Waals surface area contributed by atoms with Gasteiger partial charge in [-0.3, -0.25) is 0 Å². The number of carbonyl (C=O) groups is 1. The van der Waals surface area contributed by atoms with Crippen LogP contribution in [-0.2, 0) is 32.5 Å². The van der Waals surface area contributed by atoms with Gasteiger partial charge in [-0.05, 0) is 42.0 Å². The normalized spacial score (nSPS) is 19.3. The Morgan fingerprint density at radius 2 is 1.79 bits per heavy atom. The molecule has 0 aliphatic carbocycles. The Morgan fingerprint density at radius 3 is 2.41 bits per heavy atom. The van der Waals surface area contributed by atoms with Gasteiger partial charge in [0.1, 0.15) is 6.10 Å². The molecule has 2 aromatic carbocycles. The molecule has 0 radical (unpaired) electrons. The molecule has 1 aliphatic rings. The van der Waals surface area contributed by atoms with Gasteiger partial charge in [0, 0.05) is 32.2 Å². The molecular formula is C28H41N3O7S. The first kappa shape index (κ1) is 31.0. The van der Waals surface area contributed by atoms with Crippen LogP contribution in [0.2, 0.25) is 0 Å². The number of benzene rings is 2. The lowest BCUT2D eigenvalue weighted by atomic mass is 10.0. The summed E-state index contributed by atoms with van der Waals surface area (Å²) in [4.78, 5) is 13.0. The van der Waals surface area contributed by atoms with Crippen molar-refractivity contribution in [2.24, 2.45) is 17.6 Å². The van der Waals surface area contributed by atoms with Crippen LogP contribution < -0.4 is 11.1 Å². The van der Waals surface area contributed by atoms with E-state index in [1.54, 1.807) is 12.1 Å². The number of amides is 1. The molecule has 2 aromatic rings. The number of aliphatic hydroxyl groups is 2. The number of rotatable bonds is 14. The number of nitrogens with one attached hydrogen (secondary N) is 1. The summed E-state index contributed by atoms with van der Waals surface area (Å²) >= 11 is 0. The maximum absolute atomic E-state index is 13.6. The van der Waals surface area contributed by atoms with Gasteiger partial charge in [-0.15, -0.1) is 0 Å². The van der Waals surface area contributed by atoms with Crippen molar-refractivity contribution in [2.75, 3.05) is 32.9 Å². The maximum Gasteiger partial charge on any atom is 0.407 e. The molecule has 5 N–H and O–H groups in total. The quantitative estimate of drug-likeness (QED) is 0.272. The lowest BCUT2D eigenvalue weighted by Crippen LogP contribution is -2.51. The molecule has 11 heteroatoms. The molecule has 1 heterocycles. The van der Waals surface area contributed by atoms with Crippen LogP contribution in [0.1, 0.15) is 31.4 Å². The van der Waals surface area contributed by atoms with Gasteiger partial charge in [0.05, 0.1) is 30.3 Å². The third-order valence-corrected chi connectivity index (χ3v) is 8.57. The van der Waals surface area contributed by atoms with Gasteiger partial charge >= 0.3 is 6.09 Å². The highest BCUT2D eigenvalue weighted by Gasteiger charge is 2.34. The molecule has 1 aliphatic heterocycles. The van der Waals surface area contributed by atoms with Crippen molar-refractivity contribution in [2.45, 2.75) is 56.4 Å². The van der Waals surface area contributed by atoms with Crippen molar-refractivity contribution >= 4 is 16.1 Å². The fourth-order valence-electron chi connectivity index (χ4n) is 4.58. The first-order valence-electron chi connectivity index (χ1n) is 13.3. The van der Waals surface area contributed by atoms with Gasteiger partial charge in [0.25, 0.3) is 0 Å². The van der Waals surface area contributed by atoms with Crippen molar-refractivity contribution < 1.29 is 32.9 Å². The van der Waals surface area contributed by atoms with Crippen LogP contribution in [0.15, 0.2) is 59.5 Å². The number of hydrogen-bond acceptors (Lipinski definition) is 8. The zero-order valence-corrected chi connectivity index (χ0v) is 23.4. The Balaban J connectivity index is 1.80. The van der Waals surface area contributed by atoms with Crippen LogP contribution in [0.3, 0.4) is 0 Å². The van der Waals surface area contributed by atoms with E-state index >= 15 is 0 Å². The third-order valence-electron chi connectivity index (χ3n) is 6.72. The Labute approximate surface area is 231 Å². The molecule has 1 fully saturated rings. The van der Waals surface area contributed by atoms with Gasteiger partial charge in [-0.1, -0.05) is 56.3 Å². The Kier molecular flexibility index (Phi) is 11.7. The SMILES string of the molecule is CC(C)CN(C[C@@H](O)[C@H](Cc1ccccc1)NC(=O)OC1COC[C@H]1CCO)S(=O)(=O)c1ccc(CN)cc1. The van der Waals surface area contributed by atoms with Gasteiger partial charge in [0.15, 0.2) is 0 Å². The van der Waals surface area contributed by atoms with Crippen LogP contribution in [0, 0.1) is 11.8 Å². The summed E-state index contributed by atoms with van der Waals surface area (Å²) in [6.45, 7) is 4.63. The molecule has 3 rings (SSSR count). The Bertz CT molecular complexity index is 1130. The maximum atomic E-state index is 13.6. The second kappa shape index (κ2) is 14.7. The molecule has 1 amide bonds. The number of nitrogens with two attached hydrogens (primary N) is 1. The van der Waals surface area contributed by atoms with E-state index in [9.17, 15) is 23.4 Å². The van der Waals surface area contributed by atoms with Crippen LogP contribution in [0.25, 0.3) is 0 Å². The second-order valence-electron chi connectivity index (χ2n) is 10.3. The van der Waals surface area contributed by atoms with Crippen molar-refractivity contribution in [1.29, 1.82) is 0 Å². The highest BCUT2D eigenvalue weighted by molar-refractivity contribution is 7.89. The van der Waals surface area contributed by atoms with Gasteiger partial charge in [0.2, 0.25) is 10.0 Å². The molecule has 10 nitrogen and oxygen atoms in total. The summed E-state index contributed by atoms with van der Waals surface area (Å²) in [6.07, 6.45) is -1.77. The molecule has 0 bridgehead atoms. The zero-order chi connectivity index (χ0) is 28.4. The van der Waals surface area contributed by atoms with Crippen LogP contribution in [0.5, 0.6) is 0 Å².